The molecule has 0 spiro atoms. The minimum absolute atomic E-state index is 0. The highest BCUT2D eigenvalue weighted by Crippen LogP contribution is 2.09. The molecule has 1 atom stereocenters. The highest BCUT2D eigenvalue weighted by molar-refractivity contribution is 14.0. The van der Waals surface area contributed by atoms with Gasteiger partial charge in [0, 0.05) is 26.2 Å². The lowest BCUT2D eigenvalue weighted by Crippen LogP contribution is -2.40. The van der Waals surface area contributed by atoms with Crippen LogP contribution in [0.4, 0.5) is 0 Å². The molecule has 0 heterocycles. The van der Waals surface area contributed by atoms with Gasteiger partial charge in [0.05, 0.1) is 0 Å². The molecule has 6 nitrogen and oxygen atoms in total. The maximum absolute atomic E-state index is 12.0. The van der Waals surface area contributed by atoms with E-state index in [1.54, 1.807) is 0 Å². The van der Waals surface area contributed by atoms with Gasteiger partial charge in [-0.25, -0.2) is 4.99 Å². The first-order chi connectivity index (χ1) is 12.2. The van der Waals surface area contributed by atoms with Crippen LogP contribution in [0.5, 0.6) is 0 Å². The predicted octanol–water partition coefficient (Wildman–Crippen LogP) is 2.27. The van der Waals surface area contributed by atoms with Crippen molar-refractivity contribution in [3.8, 4) is 0 Å². The number of nitrogens with zero attached hydrogens (tertiary/aromatic N) is 1. The van der Waals surface area contributed by atoms with Gasteiger partial charge >= 0.3 is 0 Å². The van der Waals surface area contributed by atoms with Gasteiger partial charge in [-0.3, -0.25) is 4.79 Å². The third kappa shape index (κ3) is 11.3. The fraction of sp³-hybridized carbons (Fsp3) is 0.579. The summed E-state index contributed by atoms with van der Waals surface area (Å²) in [4.78, 5) is 16.3. The van der Waals surface area contributed by atoms with Gasteiger partial charge in [0.15, 0.2) is 5.96 Å². The first-order valence-corrected chi connectivity index (χ1v) is 9.13. The smallest absolute Gasteiger partial charge is 0.242 e. The molecule has 1 aromatic rings. The Hall–Kier alpha value is -1.35. The van der Waals surface area contributed by atoms with Crippen LogP contribution in [0.25, 0.3) is 0 Å². The van der Waals surface area contributed by atoms with E-state index >= 15 is 0 Å². The number of carbonyl (C=O) groups excluding carboxylic acids is 1. The number of rotatable bonds is 11. The summed E-state index contributed by atoms with van der Waals surface area (Å²) >= 11 is 0. The summed E-state index contributed by atoms with van der Waals surface area (Å²) in [7, 11) is 0. The van der Waals surface area contributed by atoms with Gasteiger partial charge in [-0.2, -0.15) is 0 Å². The molecule has 0 aliphatic rings. The summed E-state index contributed by atoms with van der Waals surface area (Å²) in [6.45, 7) is 6.39. The number of amides is 1. The Bertz CT molecular complexity index is 506. The van der Waals surface area contributed by atoms with E-state index in [0.29, 0.717) is 18.4 Å². The predicted molar refractivity (Wildman–Crippen MR) is 118 cm³/mol. The molecule has 1 unspecified atom stereocenters. The number of halogens is 1. The Labute approximate surface area is 174 Å². The van der Waals surface area contributed by atoms with Crippen molar-refractivity contribution < 1.29 is 9.90 Å². The third-order valence-corrected chi connectivity index (χ3v) is 3.85. The van der Waals surface area contributed by atoms with Crippen LogP contribution in [-0.2, 0) is 11.3 Å². The van der Waals surface area contributed by atoms with E-state index in [4.69, 9.17) is 5.11 Å². The zero-order valence-corrected chi connectivity index (χ0v) is 18.2. The molecule has 0 saturated heterocycles. The number of hydrogen-bond donors (Lipinski definition) is 4. The van der Waals surface area contributed by atoms with Crippen LogP contribution in [-0.4, -0.2) is 43.2 Å². The quantitative estimate of drug-likeness (QED) is 0.224. The number of aliphatic hydroxyl groups excluding tert-OH is 1. The van der Waals surface area contributed by atoms with Crippen LogP contribution in [0.1, 0.15) is 38.7 Å². The van der Waals surface area contributed by atoms with E-state index in [0.717, 1.165) is 37.9 Å². The summed E-state index contributed by atoms with van der Waals surface area (Å²) in [5.41, 5.74) is 1.07. The molecule has 0 saturated carbocycles. The molecule has 0 radical (unpaired) electrons. The average molecular weight is 476 g/mol. The van der Waals surface area contributed by atoms with Crippen molar-refractivity contribution in [2.75, 3.05) is 26.2 Å². The summed E-state index contributed by atoms with van der Waals surface area (Å²) in [6.07, 6.45) is 2.92. The number of carbonyl (C=O) groups is 1. The lowest BCUT2D eigenvalue weighted by atomic mass is 10.0. The van der Waals surface area contributed by atoms with Gasteiger partial charge in [0.1, 0.15) is 6.54 Å². The van der Waals surface area contributed by atoms with E-state index in [9.17, 15) is 4.79 Å². The van der Waals surface area contributed by atoms with Crippen molar-refractivity contribution in [1.82, 2.24) is 16.0 Å². The Kier molecular flexibility index (Phi) is 15.0. The molecule has 0 aliphatic carbocycles. The Morgan fingerprint density at radius 1 is 1.12 bits per heavy atom. The fourth-order valence-corrected chi connectivity index (χ4v) is 2.53. The van der Waals surface area contributed by atoms with Gasteiger partial charge in [-0.15, -0.1) is 24.0 Å². The Balaban J connectivity index is 0.00000625. The highest BCUT2D eigenvalue weighted by atomic mass is 127. The van der Waals surface area contributed by atoms with E-state index in [1.165, 1.54) is 0 Å². The zero-order chi connectivity index (χ0) is 18.3. The average Bonchev–Trinajstić information content (AvgIpc) is 2.63. The monoisotopic (exact) mass is 476 g/mol. The number of nitrogens with one attached hydrogen (secondary N) is 3. The molecule has 148 valence electrons. The van der Waals surface area contributed by atoms with Gasteiger partial charge < -0.3 is 21.1 Å². The summed E-state index contributed by atoms with van der Waals surface area (Å²) < 4.78 is 0. The highest BCUT2D eigenvalue weighted by Gasteiger charge is 2.09. The van der Waals surface area contributed by atoms with Crippen LogP contribution in [0.3, 0.4) is 0 Å². The SMILES string of the molecule is CCCC(CCO)CNC(=NCC(=O)NCc1ccccc1)NCC.I. The number of guanidine groups is 1. The second-order valence-electron chi connectivity index (χ2n) is 6.01. The van der Waals surface area contributed by atoms with E-state index < -0.39 is 0 Å². The van der Waals surface area contributed by atoms with E-state index in [1.807, 2.05) is 37.3 Å². The second kappa shape index (κ2) is 15.9. The molecule has 1 amide bonds. The first kappa shape index (κ1) is 24.7. The van der Waals surface area contributed by atoms with Crippen LogP contribution in [0.15, 0.2) is 35.3 Å². The first-order valence-electron chi connectivity index (χ1n) is 9.13. The number of hydrogen-bond acceptors (Lipinski definition) is 3. The van der Waals surface area contributed by atoms with Gasteiger partial charge in [0.2, 0.25) is 5.91 Å². The largest absolute Gasteiger partial charge is 0.396 e. The molecule has 1 aromatic carbocycles. The van der Waals surface area contributed by atoms with Gasteiger partial charge in [0.25, 0.3) is 0 Å². The van der Waals surface area contributed by atoms with E-state index in [-0.39, 0.29) is 43.0 Å². The number of benzene rings is 1. The van der Waals surface area contributed by atoms with Crippen molar-refractivity contribution >= 4 is 35.8 Å². The van der Waals surface area contributed by atoms with Crippen molar-refractivity contribution in [3.05, 3.63) is 35.9 Å². The third-order valence-electron chi connectivity index (χ3n) is 3.85. The van der Waals surface area contributed by atoms with E-state index in [2.05, 4.69) is 27.9 Å². The standard InChI is InChI=1S/C19H32N4O2.HI/c1-3-8-16(11-12-24)14-22-19(20-4-2)23-15-18(25)21-13-17-9-6-5-7-10-17;/h5-7,9-10,16,24H,3-4,8,11-15H2,1-2H3,(H,21,25)(H2,20,22,23);1H. The van der Waals surface area contributed by atoms with Crippen molar-refractivity contribution in [1.29, 1.82) is 0 Å². The molecule has 7 heteroatoms. The van der Waals surface area contributed by atoms with Crippen LogP contribution in [0, 0.1) is 5.92 Å². The number of aliphatic hydroxyl groups is 1. The molecule has 1 rings (SSSR count). The van der Waals surface area contributed by atoms with Crippen molar-refractivity contribution in [3.63, 3.8) is 0 Å². The van der Waals surface area contributed by atoms with Crippen LogP contribution < -0.4 is 16.0 Å². The minimum Gasteiger partial charge on any atom is -0.396 e. The van der Waals surface area contributed by atoms with Crippen LogP contribution in [0.2, 0.25) is 0 Å². The maximum Gasteiger partial charge on any atom is 0.242 e. The molecule has 0 aliphatic heterocycles. The zero-order valence-electron chi connectivity index (χ0n) is 15.8. The maximum atomic E-state index is 12.0. The molecular weight excluding hydrogens is 443 g/mol. The fourth-order valence-electron chi connectivity index (χ4n) is 2.53. The summed E-state index contributed by atoms with van der Waals surface area (Å²) in [5.74, 6) is 0.934. The number of aliphatic imine (C=N–C) groups is 1. The summed E-state index contributed by atoms with van der Waals surface area (Å²) in [5, 5.41) is 18.4. The molecule has 0 bridgehead atoms. The molecule has 26 heavy (non-hydrogen) atoms. The van der Waals surface area contributed by atoms with Crippen LogP contribution >= 0.6 is 24.0 Å². The minimum atomic E-state index is -0.110. The van der Waals surface area contributed by atoms with Crippen molar-refractivity contribution in [2.45, 2.75) is 39.7 Å². The second-order valence-corrected chi connectivity index (χ2v) is 6.01. The molecular formula is C19H33IN4O2. The molecule has 0 aromatic heterocycles. The topological polar surface area (TPSA) is 85.8 Å². The van der Waals surface area contributed by atoms with Gasteiger partial charge in [-0.1, -0.05) is 43.7 Å². The Morgan fingerprint density at radius 2 is 1.85 bits per heavy atom. The normalized spacial score (nSPS) is 12.0. The Morgan fingerprint density at radius 3 is 2.46 bits per heavy atom. The lowest BCUT2D eigenvalue weighted by molar-refractivity contribution is -0.119. The summed E-state index contributed by atoms with van der Waals surface area (Å²) in [6, 6.07) is 9.80. The molecule has 0 fully saturated rings. The lowest BCUT2D eigenvalue weighted by Gasteiger charge is -2.18. The van der Waals surface area contributed by atoms with Crippen molar-refractivity contribution in [2.24, 2.45) is 10.9 Å². The molecule has 4 N–H and O–H groups in total. The van der Waals surface area contributed by atoms with Gasteiger partial charge in [-0.05, 0) is 31.2 Å².